The molecule has 0 saturated carbocycles. The van der Waals surface area contributed by atoms with E-state index in [1.54, 1.807) is 24.3 Å². The Bertz CT molecular complexity index is 393. The van der Waals surface area contributed by atoms with Crippen LogP contribution in [0, 0.1) is 0 Å². The first kappa shape index (κ1) is 12.6. The van der Waals surface area contributed by atoms with Crippen molar-refractivity contribution in [1.82, 2.24) is 0 Å². The fourth-order valence-corrected chi connectivity index (χ4v) is 1.39. The molecule has 0 aliphatic carbocycles. The Morgan fingerprint density at radius 1 is 1.56 bits per heavy atom. The third-order valence-corrected chi connectivity index (χ3v) is 2.27. The van der Waals surface area contributed by atoms with Crippen LogP contribution in [-0.2, 0) is 11.2 Å². The highest BCUT2D eigenvalue weighted by Gasteiger charge is 2.14. The molecule has 1 aromatic carbocycles. The van der Waals surface area contributed by atoms with Gasteiger partial charge < -0.3 is 15.8 Å². The van der Waals surface area contributed by atoms with Crippen LogP contribution < -0.4 is 11.2 Å². The lowest BCUT2D eigenvalue weighted by Crippen LogP contribution is -2.33. The predicted molar refractivity (Wildman–Crippen MR) is 63.2 cm³/mol. The van der Waals surface area contributed by atoms with Crippen molar-refractivity contribution in [3.63, 3.8) is 0 Å². The molecule has 4 N–H and O–H groups in total. The van der Waals surface area contributed by atoms with E-state index >= 15 is 0 Å². The van der Waals surface area contributed by atoms with E-state index in [4.69, 9.17) is 15.8 Å². The summed E-state index contributed by atoms with van der Waals surface area (Å²) in [6, 6.07) is 6.04. The molecule has 84 valence electrons. The average molecular weight is 219 g/mol. The Morgan fingerprint density at radius 2 is 2.25 bits per heavy atom. The predicted octanol–water partition coefficient (Wildman–Crippen LogP) is -1.01. The van der Waals surface area contributed by atoms with Gasteiger partial charge in [-0.05, 0) is 23.5 Å². The highest BCUT2D eigenvalue weighted by Crippen LogP contribution is 2.02. The number of benzene rings is 1. The second-order valence-electron chi connectivity index (χ2n) is 3.54. The first-order valence-electron chi connectivity index (χ1n) is 4.91. The molecule has 1 aromatic rings. The molecule has 16 heavy (non-hydrogen) atoms. The van der Waals surface area contributed by atoms with Crippen molar-refractivity contribution in [2.24, 2.45) is 5.73 Å². The normalized spacial score (nSPS) is 11.9. The SMILES string of the molecule is C=CC(=O)C(N)Cc1cccc(B(O)O)c1. The zero-order valence-electron chi connectivity index (χ0n) is 8.84. The lowest BCUT2D eigenvalue weighted by Gasteiger charge is -2.09. The lowest BCUT2D eigenvalue weighted by atomic mass is 9.79. The fraction of sp³-hybridized carbons (Fsp3) is 0.182. The number of carbonyl (C=O) groups is 1. The molecule has 5 heteroatoms. The minimum atomic E-state index is -1.51. The Labute approximate surface area is 94.5 Å². The largest absolute Gasteiger partial charge is 0.488 e. The third-order valence-electron chi connectivity index (χ3n) is 2.27. The molecule has 1 rings (SSSR count). The molecular formula is C11H14BNO3. The van der Waals surface area contributed by atoms with Crippen LogP contribution in [0.25, 0.3) is 0 Å². The molecule has 0 amide bonds. The molecule has 0 saturated heterocycles. The summed E-state index contributed by atoms with van der Waals surface area (Å²) in [6.07, 6.45) is 1.54. The van der Waals surface area contributed by atoms with Gasteiger partial charge in [0.05, 0.1) is 6.04 Å². The lowest BCUT2D eigenvalue weighted by molar-refractivity contribution is -0.115. The first-order valence-corrected chi connectivity index (χ1v) is 4.91. The quantitative estimate of drug-likeness (QED) is 0.437. The van der Waals surface area contributed by atoms with Gasteiger partial charge in [-0.2, -0.15) is 0 Å². The molecule has 0 bridgehead atoms. The van der Waals surface area contributed by atoms with E-state index in [2.05, 4.69) is 6.58 Å². The van der Waals surface area contributed by atoms with Gasteiger partial charge >= 0.3 is 7.12 Å². The van der Waals surface area contributed by atoms with Gasteiger partial charge in [-0.15, -0.1) is 0 Å². The second-order valence-corrected chi connectivity index (χ2v) is 3.54. The highest BCUT2D eigenvalue weighted by molar-refractivity contribution is 6.58. The zero-order chi connectivity index (χ0) is 12.1. The van der Waals surface area contributed by atoms with Gasteiger partial charge in [0.15, 0.2) is 5.78 Å². The van der Waals surface area contributed by atoms with Crippen molar-refractivity contribution < 1.29 is 14.8 Å². The molecule has 1 atom stereocenters. The summed E-state index contributed by atoms with van der Waals surface area (Å²) < 4.78 is 0. The summed E-state index contributed by atoms with van der Waals surface area (Å²) in [7, 11) is -1.51. The van der Waals surface area contributed by atoms with Gasteiger partial charge in [-0.3, -0.25) is 4.79 Å². The Morgan fingerprint density at radius 3 is 2.81 bits per heavy atom. The zero-order valence-corrected chi connectivity index (χ0v) is 8.84. The van der Waals surface area contributed by atoms with Gasteiger partial charge in [0.2, 0.25) is 0 Å². The number of hydrogen-bond donors (Lipinski definition) is 3. The summed E-state index contributed by atoms with van der Waals surface area (Å²) in [4.78, 5) is 11.2. The minimum Gasteiger partial charge on any atom is -0.423 e. The van der Waals surface area contributed by atoms with Crippen molar-refractivity contribution in [2.75, 3.05) is 0 Å². The number of hydrogen-bond acceptors (Lipinski definition) is 4. The van der Waals surface area contributed by atoms with Crippen LogP contribution in [0.2, 0.25) is 0 Å². The van der Waals surface area contributed by atoms with Gasteiger partial charge in [-0.25, -0.2) is 0 Å². The van der Waals surface area contributed by atoms with E-state index in [0.29, 0.717) is 11.9 Å². The van der Waals surface area contributed by atoms with Gasteiger partial charge in [-0.1, -0.05) is 30.8 Å². The summed E-state index contributed by atoms with van der Waals surface area (Å²) in [6.45, 7) is 3.36. The van der Waals surface area contributed by atoms with E-state index in [9.17, 15) is 4.79 Å². The fourth-order valence-electron chi connectivity index (χ4n) is 1.39. The second kappa shape index (κ2) is 5.60. The Balaban J connectivity index is 2.77. The standard InChI is InChI=1S/C11H14BNO3/c1-2-11(14)10(13)7-8-4-3-5-9(6-8)12(15)16/h2-6,10,15-16H,1,7,13H2. The molecule has 1 unspecified atom stereocenters. The number of ketones is 1. The molecule has 0 radical (unpaired) electrons. The monoisotopic (exact) mass is 219 g/mol. The maximum atomic E-state index is 11.2. The van der Waals surface area contributed by atoms with Crippen LogP contribution in [0.4, 0.5) is 0 Å². The average Bonchev–Trinajstić information content (AvgIpc) is 2.28. The molecule has 4 nitrogen and oxygen atoms in total. The molecular weight excluding hydrogens is 205 g/mol. The van der Waals surface area contributed by atoms with Crippen LogP contribution in [-0.4, -0.2) is 29.0 Å². The van der Waals surface area contributed by atoms with Gasteiger partial charge in [0, 0.05) is 0 Å². The number of carbonyl (C=O) groups excluding carboxylic acids is 1. The maximum Gasteiger partial charge on any atom is 0.488 e. The number of nitrogens with two attached hydrogens (primary N) is 1. The Hall–Kier alpha value is -1.43. The van der Waals surface area contributed by atoms with E-state index in [1.165, 1.54) is 6.08 Å². The van der Waals surface area contributed by atoms with E-state index in [0.717, 1.165) is 5.56 Å². The first-order chi connectivity index (χ1) is 7.54. The minimum absolute atomic E-state index is 0.227. The Kier molecular flexibility index (Phi) is 4.43. The van der Waals surface area contributed by atoms with Crippen LogP contribution in [0.1, 0.15) is 5.56 Å². The highest BCUT2D eigenvalue weighted by atomic mass is 16.4. The summed E-state index contributed by atoms with van der Waals surface area (Å²) >= 11 is 0. The topological polar surface area (TPSA) is 83.6 Å². The van der Waals surface area contributed by atoms with Gasteiger partial charge in [0.25, 0.3) is 0 Å². The van der Waals surface area contributed by atoms with E-state index in [-0.39, 0.29) is 5.78 Å². The molecule has 0 aliphatic heterocycles. The van der Waals surface area contributed by atoms with Crippen molar-refractivity contribution in [1.29, 1.82) is 0 Å². The molecule has 0 aromatic heterocycles. The molecule has 0 heterocycles. The maximum absolute atomic E-state index is 11.2. The van der Waals surface area contributed by atoms with E-state index in [1.807, 2.05) is 0 Å². The van der Waals surface area contributed by atoms with Crippen molar-refractivity contribution in [2.45, 2.75) is 12.5 Å². The molecule has 0 spiro atoms. The van der Waals surface area contributed by atoms with Crippen molar-refractivity contribution in [3.8, 4) is 0 Å². The van der Waals surface area contributed by atoms with Crippen LogP contribution >= 0.6 is 0 Å². The smallest absolute Gasteiger partial charge is 0.423 e. The third kappa shape index (κ3) is 3.31. The molecule has 0 aliphatic rings. The van der Waals surface area contributed by atoms with Crippen LogP contribution in [0.5, 0.6) is 0 Å². The van der Waals surface area contributed by atoms with E-state index < -0.39 is 13.2 Å². The summed E-state index contributed by atoms with van der Waals surface area (Å²) in [5.41, 5.74) is 6.81. The van der Waals surface area contributed by atoms with Crippen molar-refractivity contribution >= 4 is 18.4 Å². The van der Waals surface area contributed by atoms with Crippen molar-refractivity contribution in [3.05, 3.63) is 42.5 Å². The summed E-state index contributed by atoms with van der Waals surface area (Å²) in [5.74, 6) is -0.227. The molecule has 0 fully saturated rings. The van der Waals surface area contributed by atoms with Gasteiger partial charge in [0.1, 0.15) is 0 Å². The number of rotatable bonds is 5. The summed E-state index contributed by atoms with van der Waals surface area (Å²) in [5, 5.41) is 18.0. The van der Waals surface area contributed by atoms with Crippen LogP contribution in [0.15, 0.2) is 36.9 Å². The van der Waals surface area contributed by atoms with Crippen LogP contribution in [0.3, 0.4) is 0 Å².